The Morgan fingerprint density at radius 3 is 2.65 bits per heavy atom. The average molecular weight is 377 g/mol. The summed E-state index contributed by atoms with van der Waals surface area (Å²) in [7, 11) is 1.58. The van der Waals surface area contributed by atoms with Gasteiger partial charge in [-0.25, -0.2) is 5.43 Å². The molecule has 0 saturated carbocycles. The smallest absolute Gasteiger partial charge is 0.236 e. The molecule has 120 valence electrons. The molecule has 0 aromatic heterocycles. The fraction of sp³-hybridized carbons (Fsp3) is 0.176. The number of rotatable bonds is 6. The summed E-state index contributed by atoms with van der Waals surface area (Å²) in [6.45, 7) is 1.84. The number of nitrogens with one attached hydrogen (secondary N) is 1. The molecule has 0 bridgehead atoms. The number of hydrogen-bond acceptors (Lipinski definition) is 4. The summed E-state index contributed by atoms with van der Waals surface area (Å²) in [5.41, 5.74) is 4.20. The van der Waals surface area contributed by atoms with Crippen molar-refractivity contribution in [3.63, 3.8) is 0 Å². The monoisotopic (exact) mass is 376 g/mol. The van der Waals surface area contributed by atoms with Crippen molar-refractivity contribution in [2.24, 2.45) is 5.10 Å². The van der Waals surface area contributed by atoms with Crippen LogP contribution in [0.3, 0.4) is 0 Å². The third kappa shape index (κ3) is 5.10. The van der Waals surface area contributed by atoms with Crippen molar-refractivity contribution in [1.29, 1.82) is 0 Å². The Kier molecular flexibility index (Phi) is 6.17. The van der Waals surface area contributed by atoms with E-state index in [9.17, 15) is 4.79 Å². The van der Waals surface area contributed by atoms with Crippen LogP contribution in [0.5, 0.6) is 11.5 Å². The SMILES string of the molecule is COc1cc(/C=N\NC(C)=O)c(Br)cc1OCc1ccccc1. The van der Waals surface area contributed by atoms with Gasteiger partial charge in [0.15, 0.2) is 11.5 Å². The van der Waals surface area contributed by atoms with Gasteiger partial charge in [0, 0.05) is 17.0 Å². The second-order valence-corrected chi connectivity index (χ2v) is 5.58. The summed E-state index contributed by atoms with van der Waals surface area (Å²) in [5, 5.41) is 3.85. The summed E-state index contributed by atoms with van der Waals surface area (Å²) in [6, 6.07) is 13.5. The highest BCUT2D eigenvalue weighted by Gasteiger charge is 2.09. The van der Waals surface area contributed by atoms with Crippen molar-refractivity contribution in [2.45, 2.75) is 13.5 Å². The van der Waals surface area contributed by atoms with E-state index in [4.69, 9.17) is 9.47 Å². The van der Waals surface area contributed by atoms with E-state index >= 15 is 0 Å². The van der Waals surface area contributed by atoms with Crippen molar-refractivity contribution in [2.75, 3.05) is 7.11 Å². The lowest BCUT2D eigenvalue weighted by atomic mass is 10.2. The van der Waals surface area contributed by atoms with Gasteiger partial charge in [-0.2, -0.15) is 5.10 Å². The predicted molar refractivity (Wildman–Crippen MR) is 92.9 cm³/mol. The Hall–Kier alpha value is -2.34. The largest absolute Gasteiger partial charge is 0.493 e. The summed E-state index contributed by atoms with van der Waals surface area (Å²) < 4.78 is 12.0. The van der Waals surface area contributed by atoms with E-state index in [0.717, 1.165) is 15.6 Å². The molecule has 0 atom stereocenters. The number of hydrogen-bond donors (Lipinski definition) is 1. The standard InChI is InChI=1S/C17H17BrN2O3/c1-12(21)20-19-10-14-8-16(22-2)17(9-15(14)18)23-11-13-6-4-3-5-7-13/h3-10H,11H2,1-2H3,(H,20,21)/b19-10-. The van der Waals surface area contributed by atoms with Gasteiger partial charge in [0.25, 0.3) is 0 Å². The third-order valence-electron chi connectivity index (χ3n) is 2.95. The maximum Gasteiger partial charge on any atom is 0.236 e. The zero-order valence-corrected chi connectivity index (χ0v) is 14.5. The van der Waals surface area contributed by atoms with Crippen molar-refractivity contribution in [3.8, 4) is 11.5 Å². The Bertz CT molecular complexity index is 702. The van der Waals surface area contributed by atoms with E-state index < -0.39 is 0 Å². The topological polar surface area (TPSA) is 59.9 Å². The molecule has 0 saturated heterocycles. The van der Waals surface area contributed by atoms with Crippen LogP contribution in [-0.2, 0) is 11.4 Å². The van der Waals surface area contributed by atoms with Crippen LogP contribution in [0, 0.1) is 0 Å². The van der Waals surface area contributed by atoms with Crippen LogP contribution in [0.2, 0.25) is 0 Å². The third-order valence-corrected chi connectivity index (χ3v) is 3.63. The van der Waals surface area contributed by atoms with E-state index in [0.29, 0.717) is 18.1 Å². The molecule has 0 heterocycles. The van der Waals surface area contributed by atoms with Gasteiger partial charge in [-0.05, 0) is 33.6 Å². The summed E-state index contributed by atoms with van der Waals surface area (Å²) >= 11 is 3.46. The maximum absolute atomic E-state index is 10.8. The number of carbonyl (C=O) groups excluding carboxylic acids is 1. The fourth-order valence-electron chi connectivity index (χ4n) is 1.85. The fourth-order valence-corrected chi connectivity index (χ4v) is 2.27. The van der Waals surface area contributed by atoms with Gasteiger partial charge < -0.3 is 9.47 Å². The van der Waals surface area contributed by atoms with Gasteiger partial charge in [-0.3, -0.25) is 4.79 Å². The van der Waals surface area contributed by atoms with Crippen LogP contribution in [0.15, 0.2) is 52.0 Å². The van der Waals surface area contributed by atoms with Crippen molar-refractivity contribution in [1.82, 2.24) is 5.43 Å². The molecule has 0 aliphatic carbocycles. The molecule has 0 unspecified atom stereocenters. The average Bonchev–Trinajstić information content (AvgIpc) is 2.55. The first-order chi connectivity index (χ1) is 11.1. The quantitative estimate of drug-likeness (QED) is 0.619. The molecule has 2 rings (SSSR count). The summed E-state index contributed by atoms with van der Waals surface area (Å²) in [6.07, 6.45) is 1.54. The lowest BCUT2D eigenvalue weighted by molar-refractivity contribution is -0.118. The van der Waals surface area contributed by atoms with Gasteiger partial charge >= 0.3 is 0 Å². The second kappa shape index (κ2) is 8.33. The molecule has 5 nitrogen and oxygen atoms in total. The lowest BCUT2D eigenvalue weighted by Gasteiger charge is -2.12. The number of halogens is 1. The van der Waals surface area contributed by atoms with Crippen molar-refractivity contribution < 1.29 is 14.3 Å². The number of benzene rings is 2. The van der Waals surface area contributed by atoms with Crippen LogP contribution in [0.25, 0.3) is 0 Å². The first kappa shape index (κ1) is 17.0. The van der Waals surface area contributed by atoms with Crippen molar-refractivity contribution >= 4 is 28.1 Å². The maximum atomic E-state index is 10.8. The Balaban J connectivity index is 2.15. The molecule has 0 aliphatic heterocycles. The number of methoxy groups -OCH3 is 1. The van der Waals surface area contributed by atoms with Crippen LogP contribution >= 0.6 is 15.9 Å². The van der Waals surface area contributed by atoms with Gasteiger partial charge in [0.2, 0.25) is 5.91 Å². The predicted octanol–water partition coefficient (Wildman–Crippen LogP) is 3.51. The lowest BCUT2D eigenvalue weighted by Crippen LogP contribution is -2.12. The molecule has 0 fully saturated rings. The molecule has 0 radical (unpaired) electrons. The molecular formula is C17H17BrN2O3. The van der Waals surface area contributed by atoms with E-state index in [1.54, 1.807) is 13.2 Å². The van der Waals surface area contributed by atoms with Crippen molar-refractivity contribution in [3.05, 3.63) is 58.1 Å². The molecule has 2 aromatic carbocycles. The van der Waals surface area contributed by atoms with Crippen LogP contribution < -0.4 is 14.9 Å². The minimum Gasteiger partial charge on any atom is -0.493 e. The van der Waals surface area contributed by atoms with Gasteiger partial charge in [-0.15, -0.1) is 0 Å². The van der Waals surface area contributed by atoms with E-state index in [-0.39, 0.29) is 5.91 Å². The number of hydrazone groups is 1. The summed E-state index contributed by atoms with van der Waals surface area (Å²) in [4.78, 5) is 10.8. The highest BCUT2D eigenvalue weighted by Crippen LogP contribution is 2.33. The van der Waals surface area contributed by atoms with Gasteiger partial charge in [0.05, 0.1) is 13.3 Å². The van der Waals surface area contributed by atoms with E-state index in [1.165, 1.54) is 13.1 Å². The highest BCUT2D eigenvalue weighted by atomic mass is 79.9. The first-order valence-corrected chi connectivity index (χ1v) is 7.73. The second-order valence-electron chi connectivity index (χ2n) is 4.73. The molecule has 1 amide bonds. The highest BCUT2D eigenvalue weighted by molar-refractivity contribution is 9.10. The number of carbonyl (C=O) groups is 1. The number of ether oxygens (including phenoxy) is 2. The zero-order valence-electron chi connectivity index (χ0n) is 12.9. The molecule has 23 heavy (non-hydrogen) atoms. The number of nitrogens with zero attached hydrogens (tertiary/aromatic N) is 1. The van der Waals surface area contributed by atoms with Gasteiger partial charge in [0.1, 0.15) is 6.61 Å². The molecular weight excluding hydrogens is 360 g/mol. The first-order valence-electron chi connectivity index (χ1n) is 6.94. The van der Waals surface area contributed by atoms with Gasteiger partial charge in [-0.1, -0.05) is 30.3 Å². The van der Waals surface area contributed by atoms with Crippen LogP contribution in [0.4, 0.5) is 0 Å². The molecule has 2 aromatic rings. The van der Waals surface area contributed by atoms with E-state index in [2.05, 4.69) is 26.5 Å². The Labute approximate surface area is 143 Å². The van der Waals surface area contributed by atoms with Crippen LogP contribution in [-0.4, -0.2) is 19.2 Å². The minimum atomic E-state index is -0.229. The summed E-state index contributed by atoms with van der Waals surface area (Å²) in [5.74, 6) is 0.987. The molecule has 1 N–H and O–H groups in total. The number of amides is 1. The Morgan fingerprint density at radius 2 is 2.00 bits per heavy atom. The molecule has 0 spiro atoms. The van der Waals surface area contributed by atoms with Crippen LogP contribution in [0.1, 0.15) is 18.1 Å². The minimum absolute atomic E-state index is 0.229. The molecule has 6 heteroatoms. The molecule has 0 aliphatic rings. The zero-order chi connectivity index (χ0) is 16.7. The Morgan fingerprint density at radius 1 is 1.26 bits per heavy atom. The normalized spacial score (nSPS) is 10.6. The van der Waals surface area contributed by atoms with E-state index in [1.807, 2.05) is 36.4 Å².